The van der Waals surface area contributed by atoms with Crippen molar-refractivity contribution in [3.63, 3.8) is 0 Å². The fraction of sp³-hybridized carbons (Fsp3) is 0.350. The average molecular weight is 537 g/mol. The minimum absolute atomic E-state index is 0.105. The number of nitrogens with zero attached hydrogens (tertiary/aromatic N) is 4. The largest absolute Gasteiger partial charge is 0.464 e. The smallest absolute Gasteiger partial charge is 0.425 e. The first kappa shape index (κ1) is 28.5. The van der Waals surface area contributed by atoms with E-state index >= 15 is 0 Å². The zero-order valence-electron chi connectivity index (χ0n) is 19.1. The lowest BCUT2D eigenvalue weighted by Crippen LogP contribution is -2.34. The van der Waals surface area contributed by atoms with Crippen molar-refractivity contribution < 1.29 is 37.0 Å². The number of carbonyl (C=O) groups excluding carboxylic acids is 2. The molecule has 2 heterocycles. The van der Waals surface area contributed by atoms with Gasteiger partial charge in [-0.05, 0) is 26.0 Å². The van der Waals surface area contributed by atoms with Crippen molar-refractivity contribution in [2.24, 2.45) is 5.10 Å². The second-order valence-electron chi connectivity index (χ2n) is 7.04. The highest BCUT2D eigenvalue weighted by Crippen LogP contribution is 2.30. The molecule has 3 N–H and O–H groups in total. The third-order valence-corrected chi connectivity index (χ3v) is 4.85. The second-order valence-corrected chi connectivity index (χ2v) is 7.44. The number of alkyl halides is 3. The number of rotatable bonds is 9. The van der Waals surface area contributed by atoms with Gasteiger partial charge >= 0.3 is 6.18 Å². The summed E-state index contributed by atoms with van der Waals surface area (Å²) in [5.74, 6) is -4.52. The molecule has 11 nitrogen and oxygen atoms in total. The van der Waals surface area contributed by atoms with Crippen molar-refractivity contribution in [2.45, 2.75) is 26.1 Å². The Kier molecular flexibility index (Phi) is 9.35. The van der Waals surface area contributed by atoms with E-state index in [0.717, 1.165) is 29.1 Å². The van der Waals surface area contributed by atoms with Crippen LogP contribution in [0.2, 0.25) is 5.02 Å². The third kappa shape index (κ3) is 6.91. The van der Waals surface area contributed by atoms with Crippen LogP contribution in [0.25, 0.3) is 0 Å². The number of pyridine rings is 2. The number of amides is 2. The van der Waals surface area contributed by atoms with Crippen LogP contribution in [0.5, 0.6) is 5.88 Å². The van der Waals surface area contributed by atoms with E-state index in [0.29, 0.717) is 19.4 Å². The molecule has 2 amide bonds. The molecule has 0 saturated carbocycles. The molecule has 0 spiro atoms. The van der Waals surface area contributed by atoms with Gasteiger partial charge in [-0.2, -0.15) is 23.3 Å². The Labute approximate surface area is 206 Å². The van der Waals surface area contributed by atoms with Gasteiger partial charge in [0, 0.05) is 19.7 Å². The SMILES string of the molecule is CCN(C=O)/C(CO)=N\N(C)c1nc(O[C@@H](C)C(F)(F)F)c(C(=O)Nc2[nH]c(=O)ccc2Cl)cc1F. The molecule has 0 saturated heterocycles. The lowest BCUT2D eigenvalue weighted by Gasteiger charge is -2.22. The molecule has 2 aromatic heterocycles. The highest BCUT2D eigenvalue weighted by molar-refractivity contribution is 6.33. The standard InChI is InChI=1S/C20H21ClF4N6O5/c1-4-31(9-33)14(8-32)29-30(3)17-13(22)7-11(19(28-17)36-10(2)20(23,24)25)18(35)27-16-12(21)5-6-15(34)26-16/h5-7,9-10,32H,4,8H2,1-3H3,(H2,26,27,34,35)/b29-14-/t10-/m0/s1. The Morgan fingerprint density at radius 3 is 2.64 bits per heavy atom. The summed E-state index contributed by atoms with van der Waals surface area (Å²) in [6.45, 7) is 1.59. The van der Waals surface area contributed by atoms with Crippen LogP contribution >= 0.6 is 11.6 Å². The topological polar surface area (TPSA) is 140 Å². The number of anilines is 2. The highest BCUT2D eigenvalue weighted by atomic mass is 35.5. The number of aliphatic hydroxyl groups excluding tert-OH is 1. The van der Waals surface area contributed by atoms with Gasteiger partial charge in [-0.15, -0.1) is 0 Å². The number of aromatic nitrogens is 2. The number of aliphatic hydroxyl groups is 1. The number of nitrogens with one attached hydrogen (secondary N) is 2. The van der Waals surface area contributed by atoms with Crippen molar-refractivity contribution in [1.29, 1.82) is 0 Å². The first-order valence-corrected chi connectivity index (χ1v) is 10.5. The van der Waals surface area contributed by atoms with Gasteiger partial charge in [-0.25, -0.2) is 9.40 Å². The van der Waals surface area contributed by atoms with Gasteiger partial charge in [0.25, 0.3) is 5.91 Å². The molecular weight excluding hydrogens is 516 g/mol. The maximum Gasteiger partial charge on any atom is 0.425 e. The van der Waals surface area contributed by atoms with Gasteiger partial charge in [0.15, 0.2) is 23.6 Å². The van der Waals surface area contributed by atoms with Crippen LogP contribution in [0.1, 0.15) is 24.2 Å². The van der Waals surface area contributed by atoms with Crippen molar-refractivity contribution in [1.82, 2.24) is 14.9 Å². The number of halogens is 5. The predicted octanol–water partition coefficient (Wildman–Crippen LogP) is 2.36. The minimum Gasteiger partial charge on any atom is -0.464 e. The summed E-state index contributed by atoms with van der Waals surface area (Å²) in [4.78, 5) is 42.3. The van der Waals surface area contributed by atoms with E-state index in [2.05, 4.69) is 20.4 Å². The Bertz CT molecular complexity index is 1210. The number of likely N-dealkylation sites (N-methyl/N-ethyl adjacent to an activating group) is 1. The number of H-pyrrole nitrogens is 1. The lowest BCUT2D eigenvalue weighted by molar-refractivity contribution is -0.190. The molecule has 2 aromatic rings. The van der Waals surface area contributed by atoms with Gasteiger partial charge < -0.3 is 20.1 Å². The highest BCUT2D eigenvalue weighted by Gasteiger charge is 2.39. The monoisotopic (exact) mass is 536 g/mol. The number of amidine groups is 1. The Morgan fingerprint density at radius 2 is 2.08 bits per heavy atom. The van der Waals surface area contributed by atoms with Crippen LogP contribution < -0.4 is 20.6 Å². The fourth-order valence-corrected chi connectivity index (χ4v) is 2.78. The van der Waals surface area contributed by atoms with E-state index in [1.54, 1.807) is 6.92 Å². The summed E-state index contributed by atoms with van der Waals surface area (Å²) >= 11 is 5.90. The van der Waals surface area contributed by atoms with Gasteiger partial charge in [-0.1, -0.05) is 11.6 Å². The van der Waals surface area contributed by atoms with Crippen molar-refractivity contribution in [2.75, 3.05) is 30.5 Å². The van der Waals surface area contributed by atoms with E-state index in [1.807, 2.05) is 0 Å². The molecule has 0 aliphatic carbocycles. The summed E-state index contributed by atoms with van der Waals surface area (Å²) in [5.41, 5.74) is -1.40. The molecular formula is C20H21ClF4N6O5. The third-order valence-electron chi connectivity index (χ3n) is 4.54. The van der Waals surface area contributed by atoms with Gasteiger partial charge in [-0.3, -0.25) is 19.3 Å². The Hall–Kier alpha value is -3.72. The van der Waals surface area contributed by atoms with Crippen LogP contribution in [-0.4, -0.2) is 70.6 Å². The molecule has 0 aliphatic rings. The second kappa shape index (κ2) is 11.8. The predicted molar refractivity (Wildman–Crippen MR) is 122 cm³/mol. The molecule has 196 valence electrons. The summed E-state index contributed by atoms with van der Waals surface area (Å²) < 4.78 is 59.2. The van der Waals surface area contributed by atoms with E-state index < -0.39 is 53.4 Å². The summed E-state index contributed by atoms with van der Waals surface area (Å²) in [5, 5.41) is 16.1. The molecule has 0 unspecified atom stereocenters. The molecule has 0 aromatic carbocycles. The van der Waals surface area contributed by atoms with Crippen LogP contribution in [0, 0.1) is 5.82 Å². The summed E-state index contributed by atoms with van der Waals surface area (Å²) in [6, 6.07) is 2.77. The first-order valence-electron chi connectivity index (χ1n) is 10.1. The summed E-state index contributed by atoms with van der Waals surface area (Å²) in [6.07, 6.45) is -6.96. The number of ether oxygens (including phenoxy) is 1. The molecule has 0 aliphatic heterocycles. The van der Waals surface area contributed by atoms with Gasteiger partial charge in [0.05, 0.1) is 5.02 Å². The van der Waals surface area contributed by atoms with Crippen molar-refractivity contribution in [3.8, 4) is 5.88 Å². The van der Waals surface area contributed by atoms with Crippen LogP contribution in [-0.2, 0) is 4.79 Å². The number of aromatic amines is 1. The maximum absolute atomic E-state index is 15.0. The Balaban J connectivity index is 2.57. The average Bonchev–Trinajstić information content (AvgIpc) is 2.81. The summed E-state index contributed by atoms with van der Waals surface area (Å²) in [7, 11) is 1.14. The van der Waals surface area contributed by atoms with Crippen LogP contribution in [0.15, 0.2) is 28.1 Å². The Morgan fingerprint density at radius 1 is 1.42 bits per heavy atom. The minimum atomic E-state index is -4.86. The zero-order valence-corrected chi connectivity index (χ0v) is 19.8. The first-order chi connectivity index (χ1) is 16.8. The normalized spacial score (nSPS) is 12.6. The molecule has 0 radical (unpaired) electrons. The van der Waals surface area contributed by atoms with E-state index in [4.69, 9.17) is 16.3 Å². The maximum atomic E-state index is 15.0. The van der Waals surface area contributed by atoms with Crippen LogP contribution in [0.3, 0.4) is 0 Å². The van der Waals surface area contributed by atoms with Crippen molar-refractivity contribution in [3.05, 3.63) is 45.0 Å². The van der Waals surface area contributed by atoms with Gasteiger partial charge in [0.2, 0.25) is 17.8 Å². The molecule has 2 rings (SSSR count). The molecule has 36 heavy (non-hydrogen) atoms. The van der Waals surface area contributed by atoms with E-state index in [9.17, 15) is 37.1 Å². The number of carbonyl (C=O) groups is 2. The molecule has 0 fully saturated rings. The molecule has 0 bridgehead atoms. The quantitative estimate of drug-likeness (QED) is 0.147. The van der Waals surface area contributed by atoms with E-state index in [-0.39, 0.29) is 23.2 Å². The van der Waals surface area contributed by atoms with E-state index in [1.165, 1.54) is 0 Å². The fourth-order valence-electron chi connectivity index (χ4n) is 2.62. The number of hydrazone groups is 1. The van der Waals surface area contributed by atoms with Gasteiger partial charge in [0.1, 0.15) is 18.0 Å². The van der Waals surface area contributed by atoms with Crippen molar-refractivity contribution >= 4 is 41.4 Å². The zero-order chi connectivity index (χ0) is 27.2. The molecule has 1 atom stereocenters. The number of hydrogen-bond acceptors (Lipinski definition) is 8. The lowest BCUT2D eigenvalue weighted by atomic mass is 10.2. The molecule has 16 heteroatoms. The van der Waals surface area contributed by atoms with Crippen LogP contribution in [0.4, 0.5) is 29.2 Å². The number of hydrogen-bond donors (Lipinski definition) is 3.